The molecule has 0 spiro atoms. The third-order valence-electron chi connectivity index (χ3n) is 3.81. The van der Waals surface area contributed by atoms with Gasteiger partial charge in [0, 0.05) is 20.6 Å². The maximum absolute atomic E-state index is 12.0. The summed E-state index contributed by atoms with van der Waals surface area (Å²) in [5.41, 5.74) is 5.50. The van der Waals surface area contributed by atoms with Crippen LogP contribution < -0.4 is 22.3 Å². The van der Waals surface area contributed by atoms with Gasteiger partial charge in [-0.1, -0.05) is 13.3 Å². The number of hydrogen-bond acceptors (Lipinski definition) is 5. The van der Waals surface area contributed by atoms with Crippen molar-refractivity contribution in [3.8, 4) is 0 Å². The second-order valence-electron chi connectivity index (χ2n) is 5.22. The Hall–Kier alpha value is -2.09. The molecule has 2 aromatic heterocycles. The summed E-state index contributed by atoms with van der Waals surface area (Å²) in [7, 11) is 3.05. The van der Waals surface area contributed by atoms with Gasteiger partial charge >= 0.3 is 5.69 Å². The third kappa shape index (κ3) is 2.85. The lowest BCUT2D eigenvalue weighted by Crippen LogP contribution is -2.36. The number of imidazole rings is 1. The zero-order chi connectivity index (χ0) is 15.6. The fourth-order valence-corrected chi connectivity index (χ4v) is 2.34. The number of anilines is 1. The molecule has 0 amide bonds. The molecule has 0 saturated heterocycles. The van der Waals surface area contributed by atoms with Gasteiger partial charge in [-0.2, -0.15) is 4.98 Å². The summed E-state index contributed by atoms with van der Waals surface area (Å²) in [6, 6.07) is 0. The van der Waals surface area contributed by atoms with Crippen LogP contribution in [0.2, 0.25) is 0 Å². The van der Waals surface area contributed by atoms with E-state index in [1.54, 1.807) is 7.05 Å². The minimum absolute atomic E-state index is 0.328. The Kier molecular flexibility index (Phi) is 4.46. The Balaban J connectivity index is 2.32. The maximum atomic E-state index is 12.0. The molecule has 0 bridgehead atoms. The molecule has 4 N–H and O–H groups in total. The van der Waals surface area contributed by atoms with Crippen LogP contribution in [0.4, 0.5) is 5.95 Å². The van der Waals surface area contributed by atoms with Gasteiger partial charge in [-0.3, -0.25) is 13.9 Å². The van der Waals surface area contributed by atoms with Gasteiger partial charge in [-0.15, -0.1) is 0 Å². The number of H-pyrrole nitrogens is 1. The van der Waals surface area contributed by atoms with Gasteiger partial charge in [-0.05, 0) is 18.9 Å². The van der Waals surface area contributed by atoms with E-state index in [4.69, 9.17) is 5.73 Å². The van der Waals surface area contributed by atoms with Crippen molar-refractivity contribution < 1.29 is 0 Å². The van der Waals surface area contributed by atoms with Crippen LogP contribution in [-0.4, -0.2) is 32.2 Å². The number of hydrogen-bond donors (Lipinski definition) is 3. The van der Waals surface area contributed by atoms with Gasteiger partial charge in [-0.25, -0.2) is 4.79 Å². The van der Waals surface area contributed by atoms with Crippen molar-refractivity contribution in [3.05, 3.63) is 20.8 Å². The summed E-state index contributed by atoms with van der Waals surface area (Å²) in [5.74, 6) is 0.952. The van der Waals surface area contributed by atoms with Crippen LogP contribution in [0.3, 0.4) is 0 Å². The Morgan fingerprint density at radius 2 is 2.05 bits per heavy atom. The highest BCUT2D eigenvalue weighted by Gasteiger charge is 2.14. The number of aromatic nitrogens is 4. The molecule has 2 rings (SSSR count). The molecule has 0 aliphatic rings. The molecule has 0 fully saturated rings. The zero-order valence-electron chi connectivity index (χ0n) is 12.6. The Labute approximate surface area is 122 Å². The van der Waals surface area contributed by atoms with Crippen LogP contribution in [0, 0.1) is 5.92 Å². The van der Waals surface area contributed by atoms with Crippen LogP contribution >= 0.6 is 0 Å². The summed E-state index contributed by atoms with van der Waals surface area (Å²) in [6.07, 6.45) is 1.95. The van der Waals surface area contributed by atoms with Crippen LogP contribution in [-0.2, 0) is 14.1 Å². The van der Waals surface area contributed by atoms with Gasteiger partial charge in [0.05, 0.1) is 0 Å². The van der Waals surface area contributed by atoms with Gasteiger partial charge in [0.15, 0.2) is 11.2 Å². The standard InChI is InChI=1S/C13H22N6O2/c1-4-8(5-6-14)7-15-12-16-9-10(17-12)18(2)13(21)19(3)11(9)20/h8H,4-7,14H2,1-3H3,(H2,15,16,17). The quantitative estimate of drug-likeness (QED) is 0.680. The predicted octanol–water partition coefficient (Wildman–Crippen LogP) is -0.253. The largest absolute Gasteiger partial charge is 0.355 e. The van der Waals surface area contributed by atoms with Crippen molar-refractivity contribution >= 4 is 17.1 Å². The molecule has 0 radical (unpaired) electrons. The van der Waals surface area contributed by atoms with E-state index < -0.39 is 0 Å². The average Bonchev–Trinajstić information content (AvgIpc) is 2.91. The minimum atomic E-state index is -0.389. The molecule has 2 aromatic rings. The van der Waals surface area contributed by atoms with E-state index in [-0.39, 0.29) is 11.2 Å². The molecule has 8 nitrogen and oxygen atoms in total. The third-order valence-corrected chi connectivity index (χ3v) is 3.81. The fraction of sp³-hybridized carbons (Fsp3) is 0.615. The molecular weight excluding hydrogens is 272 g/mol. The van der Waals surface area contributed by atoms with Gasteiger partial charge < -0.3 is 16.0 Å². The molecule has 0 saturated carbocycles. The predicted molar refractivity (Wildman–Crippen MR) is 82.5 cm³/mol. The van der Waals surface area contributed by atoms with Gasteiger partial charge in [0.25, 0.3) is 5.56 Å². The maximum Gasteiger partial charge on any atom is 0.332 e. The van der Waals surface area contributed by atoms with E-state index in [0.717, 1.165) is 24.0 Å². The molecule has 0 aliphatic carbocycles. The van der Waals surface area contributed by atoms with E-state index in [0.29, 0.717) is 29.6 Å². The highest BCUT2D eigenvalue weighted by Crippen LogP contribution is 2.11. The second-order valence-corrected chi connectivity index (χ2v) is 5.22. The van der Waals surface area contributed by atoms with Crippen molar-refractivity contribution in [2.75, 3.05) is 18.4 Å². The smallest absolute Gasteiger partial charge is 0.332 e. The summed E-state index contributed by atoms with van der Waals surface area (Å²) in [5, 5.41) is 3.18. The molecule has 116 valence electrons. The number of nitrogens with one attached hydrogen (secondary N) is 2. The van der Waals surface area contributed by atoms with Gasteiger partial charge in [0.1, 0.15) is 0 Å². The lowest BCUT2D eigenvalue weighted by molar-refractivity contribution is 0.500. The molecule has 1 atom stereocenters. The van der Waals surface area contributed by atoms with E-state index in [9.17, 15) is 9.59 Å². The number of nitrogens with zero attached hydrogens (tertiary/aromatic N) is 3. The SMILES string of the molecule is CCC(CCN)CNc1nc2c([nH]1)c(=O)n(C)c(=O)n2C. The average molecular weight is 294 g/mol. The molecule has 1 unspecified atom stereocenters. The van der Waals surface area contributed by atoms with E-state index in [1.165, 1.54) is 11.6 Å². The van der Waals surface area contributed by atoms with Crippen molar-refractivity contribution in [2.45, 2.75) is 19.8 Å². The van der Waals surface area contributed by atoms with Gasteiger partial charge in [0.2, 0.25) is 5.95 Å². The molecule has 0 aromatic carbocycles. The summed E-state index contributed by atoms with van der Waals surface area (Å²) >= 11 is 0. The Morgan fingerprint density at radius 3 is 2.67 bits per heavy atom. The lowest BCUT2D eigenvalue weighted by atomic mass is 10.0. The summed E-state index contributed by atoms with van der Waals surface area (Å²) in [4.78, 5) is 31.1. The number of aromatic amines is 1. The monoisotopic (exact) mass is 294 g/mol. The Morgan fingerprint density at radius 1 is 1.33 bits per heavy atom. The molecule has 8 heteroatoms. The van der Waals surface area contributed by atoms with Crippen molar-refractivity contribution in [1.82, 2.24) is 19.1 Å². The number of fused-ring (bicyclic) bond motifs is 1. The topological polar surface area (TPSA) is 111 Å². The minimum Gasteiger partial charge on any atom is -0.355 e. The number of aryl methyl sites for hydroxylation is 1. The van der Waals surface area contributed by atoms with E-state index in [2.05, 4.69) is 22.2 Å². The summed E-state index contributed by atoms with van der Waals surface area (Å²) < 4.78 is 2.42. The number of nitrogens with two attached hydrogens (primary N) is 1. The molecule has 0 aliphatic heterocycles. The molecule has 2 heterocycles. The normalized spacial score (nSPS) is 12.8. The van der Waals surface area contributed by atoms with E-state index in [1.807, 2.05) is 0 Å². The highest BCUT2D eigenvalue weighted by molar-refractivity contribution is 5.72. The van der Waals surface area contributed by atoms with Crippen molar-refractivity contribution in [2.24, 2.45) is 25.7 Å². The van der Waals surface area contributed by atoms with Crippen LogP contribution in [0.5, 0.6) is 0 Å². The number of rotatable bonds is 6. The highest BCUT2D eigenvalue weighted by atomic mass is 16.2. The first-order valence-electron chi connectivity index (χ1n) is 7.09. The fourth-order valence-electron chi connectivity index (χ4n) is 2.34. The van der Waals surface area contributed by atoms with Crippen LogP contribution in [0.15, 0.2) is 9.59 Å². The molecule has 21 heavy (non-hydrogen) atoms. The first-order valence-corrected chi connectivity index (χ1v) is 7.09. The lowest BCUT2D eigenvalue weighted by Gasteiger charge is -2.13. The van der Waals surface area contributed by atoms with E-state index >= 15 is 0 Å². The van der Waals surface area contributed by atoms with Crippen molar-refractivity contribution in [1.29, 1.82) is 0 Å². The Bertz CT molecular complexity index is 741. The van der Waals surface area contributed by atoms with Crippen LogP contribution in [0.25, 0.3) is 11.2 Å². The summed E-state index contributed by atoms with van der Waals surface area (Å²) in [6.45, 7) is 3.48. The zero-order valence-corrected chi connectivity index (χ0v) is 12.6. The second kappa shape index (κ2) is 6.13. The first-order chi connectivity index (χ1) is 9.99. The van der Waals surface area contributed by atoms with Crippen molar-refractivity contribution in [3.63, 3.8) is 0 Å². The van der Waals surface area contributed by atoms with Crippen LogP contribution in [0.1, 0.15) is 19.8 Å². The molecular formula is C13H22N6O2. The first kappa shape index (κ1) is 15.3.